The van der Waals surface area contributed by atoms with Gasteiger partial charge in [-0.05, 0) is 73.1 Å². The molecule has 1 aliphatic carbocycles. The van der Waals surface area contributed by atoms with Crippen LogP contribution in [0.2, 0.25) is 0 Å². The minimum Gasteiger partial charge on any atom is -0.212 e. The molecule has 0 bridgehead atoms. The number of benzene rings is 2. The van der Waals surface area contributed by atoms with Crippen molar-refractivity contribution in [3.05, 3.63) is 69.8 Å². The first-order valence-corrected chi connectivity index (χ1v) is 11.4. The lowest BCUT2D eigenvalue weighted by Gasteiger charge is -2.14. The summed E-state index contributed by atoms with van der Waals surface area (Å²) in [6.45, 7) is 3.26. The summed E-state index contributed by atoms with van der Waals surface area (Å²) in [4.78, 5) is 0. The molecule has 158 valence electrons. The van der Waals surface area contributed by atoms with Crippen LogP contribution in [0.1, 0.15) is 47.2 Å². The van der Waals surface area contributed by atoms with Crippen LogP contribution >= 0.6 is 11.6 Å². The summed E-state index contributed by atoms with van der Waals surface area (Å²) >= 11 is 5.77. The molecule has 0 aromatic heterocycles. The van der Waals surface area contributed by atoms with Gasteiger partial charge in [-0.25, -0.2) is 13.1 Å². The molecular formula is C21H23ClF3NO2S. The van der Waals surface area contributed by atoms with Crippen molar-refractivity contribution in [3.63, 3.8) is 0 Å². The highest BCUT2D eigenvalue weighted by Gasteiger charge is 2.31. The normalized spacial score (nSPS) is 17.0. The van der Waals surface area contributed by atoms with Gasteiger partial charge >= 0.3 is 6.18 Å². The van der Waals surface area contributed by atoms with E-state index in [1.807, 2.05) is 18.2 Å². The van der Waals surface area contributed by atoms with Gasteiger partial charge < -0.3 is 0 Å². The molecule has 1 atom stereocenters. The standard InChI is InChI=1S/C21H23ClF3NO2S/c1-13(2)29(27,28)26-20-10-17-4-3-14(7-18(17)11-20)5-15-6-16(12-22)9-19(8-15)21(23,24)25/h3-4,6-9,13,20,26H,5,10-12H2,1-2H3. The SMILES string of the molecule is CC(C)S(=O)(=O)NC1Cc2ccc(Cc3cc(CCl)cc(C(F)(F)F)c3)cc2C1. The van der Waals surface area contributed by atoms with Crippen LogP contribution in [-0.4, -0.2) is 19.7 Å². The van der Waals surface area contributed by atoms with Gasteiger partial charge in [-0.2, -0.15) is 13.2 Å². The van der Waals surface area contributed by atoms with Crippen LogP contribution in [-0.2, 0) is 41.3 Å². The first-order valence-electron chi connectivity index (χ1n) is 9.36. The fourth-order valence-electron chi connectivity index (χ4n) is 3.57. The van der Waals surface area contributed by atoms with Crippen molar-refractivity contribution in [2.45, 2.75) is 56.5 Å². The molecule has 1 N–H and O–H groups in total. The predicted octanol–water partition coefficient (Wildman–Crippen LogP) is 4.83. The second-order valence-electron chi connectivity index (χ2n) is 7.77. The summed E-state index contributed by atoms with van der Waals surface area (Å²) in [6.07, 6.45) is -2.88. The lowest BCUT2D eigenvalue weighted by molar-refractivity contribution is -0.137. The van der Waals surface area contributed by atoms with E-state index in [1.165, 1.54) is 0 Å². The van der Waals surface area contributed by atoms with E-state index < -0.39 is 27.0 Å². The van der Waals surface area contributed by atoms with Crippen molar-refractivity contribution >= 4 is 21.6 Å². The van der Waals surface area contributed by atoms with Crippen molar-refractivity contribution in [1.82, 2.24) is 4.72 Å². The van der Waals surface area contributed by atoms with Crippen molar-refractivity contribution in [3.8, 4) is 0 Å². The number of nitrogens with one attached hydrogen (secondary N) is 1. The molecule has 0 aliphatic heterocycles. The van der Waals surface area contributed by atoms with Crippen LogP contribution in [0.4, 0.5) is 13.2 Å². The molecule has 0 saturated carbocycles. The Morgan fingerprint density at radius 3 is 2.31 bits per heavy atom. The van der Waals surface area contributed by atoms with Crippen molar-refractivity contribution in [1.29, 1.82) is 0 Å². The van der Waals surface area contributed by atoms with Crippen LogP contribution < -0.4 is 4.72 Å². The van der Waals surface area contributed by atoms with Crippen molar-refractivity contribution < 1.29 is 21.6 Å². The van der Waals surface area contributed by atoms with E-state index in [9.17, 15) is 21.6 Å². The molecule has 2 aromatic carbocycles. The third kappa shape index (κ3) is 5.32. The van der Waals surface area contributed by atoms with Gasteiger partial charge in [0.15, 0.2) is 0 Å². The summed E-state index contributed by atoms with van der Waals surface area (Å²) in [7, 11) is -3.35. The topological polar surface area (TPSA) is 46.2 Å². The monoisotopic (exact) mass is 445 g/mol. The summed E-state index contributed by atoms with van der Waals surface area (Å²) in [5.74, 6) is 0.0127. The van der Waals surface area contributed by atoms with Gasteiger partial charge in [-0.3, -0.25) is 0 Å². The minimum atomic E-state index is -4.42. The Bertz CT molecular complexity index is 1000. The Morgan fingerprint density at radius 2 is 1.69 bits per heavy atom. The number of hydrogen-bond acceptors (Lipinski definition) is 2. The van der Waals surface area contributed by atoms with Gasteiger partial charge in [0.05, 0.1) is 10.8 Å². The highest BCUT2D eigenvalue weighted by Crippen LogP contribution is 2.32. The third-order valence-electron chi connectivity index (χ3n) is 5.10. The number of halogens is 4. The van der Waals surface area contributed by atoms with E-state index in [2.05, 4.69) is 4.72 Å². The van der Waals surface area contributed by atoms with Gasteiger partial charge in [-0.1, -0.05) is 24.3 Å². The third-order valence-corrected chi connectivity index (χ3v) is 7.31. The number of alkyl halides is 4. The first kappa shape index (κ1) is 22.1. The molecule has 0 saturated heterocycles. The lowest BCUT2D eigenvalue weighted by atomic mass is 9.97. The van der Waals surface area contributed by atoms with Gasteiger partial charge in [0.1, 0.15) is 0 Å². The fraction of sp³-hybridized carbons (Fsp3) is 0.429. The smallest absolute Gasteiger partial charge is 0.212 e. The second-order valence-corrected chi connectivity index (χ2v) is 10.3. The zero-order chi connectivity index (χ0) is 21.4. The average molecular weight is 446 g/mol. The number of hydrogen-bond donors (Lipinski definition) is 1. The van der Waals surface area contributed by atoms with E-state index >= 15 is 0 Å². The molecule has 0 heterocycles. The number of sulfonamides is 1. The maximum absolute atomic E-state index is 13.1. The largest absolute Gasteiger partial charge is 0.416 e. The maximum atomic E-state index is 13.1. The molecule has 3 nitrogen and oxygen atoms in total. The fourth-order valence-corrected chi connectivity index (χ4v) is 4.63. The molecule has 1 aliphatic rings. The number of fused-ring (bicyclic) bond motifs is 1. The predicted molar refractivity (Wildman–Crippen MR) is 109 cm³/mol. The van der Waals surface area contributed by atoms with Crippen LogP contribution in [0.5, 0.6) is 0 Å². The van der Waals surface area contributed by atoms with Gasteiger partial charge in [-0.15, -0.1) is 11.6 Å². The van der Waals surface area contributed by atoms with E-state index in [-0.39, 0.29) is 11.9 Å². The first-order chi connectivity index (χ1) is 13.5. The van der Waals surface area contributed by atoms with Crippen LogP contribution in [0, 0.1) is 0 Å². The quantitative estimate of drug-likeness (QED) is 0.647. The van der Waals surface area contributed by atoms with E-state index in [0.717, 1.165) is 28.8 Å². The van der Waals surface area contributed by atoms with Crippen LogP contribution in [0.3, 0.4) is 0 Å². The van der Waals surface area contributed by atoms with Crippen LogP contribution in [0.25, 0.3) is 0 Å². The molecule has 0 fully saturated rings. The average Bonchev–Trinajstić information content (AvgIpc) is 3.01. The lowest BCUT2D eigenvalue weighted by Crippen LogP contribution is -2.39. The molecule has 1 unspecified atom stereocenters. The van der Waals surface area contributed by atoms with Gasteiger partial charge in [0.2, 0.25) is 10.0 Å². The molecular weight excluding hydrogens is 423 g/mol. The summed E-state index contributed by atoms with van der Waals surface area (Å²) in [5, 5.41) is -0.501. The Labute approximate surface area is 174 Å². The second kappa shape index (κ2) is 8.28. The Balaban J connectivity index is 1.79. The van der Waals surface area contributed by atoms with Crippen molar-refractivity contribution in [2.75, 3.05) is 0 Å². The van der Waals surface area contributed by atoms with E-state index in [1.54, 1.807) is 19.9 Å². The van der Waals surface area contributed by atoms with Crippen LogP contribution in [0.15, 0.2) is 36.4 Å². The molecule has 0 spiro atoms. The minimum absolute atomic E-state index is 0.0127. The Hall–Kier alpha value is -1.57. The highest BCUT2D eigenvalue weighted by atomic mass is 35.5. The molecule has 3 rings (SSSR count). The van der Waals surface area contributed by atoms with E-state index in [4.69, 9.17) is 11.6 Å². The Kier molecular flexibility index (Phi) is 6.32. The molecule has 0 amide bonds. The molecule has 8 heteroatoms. The highest BCUT2D eigenvalue weighted by molar-refractivity contribution is 7.90. The van der Waals surface area contributed by atoms with Crippen molar-refractivity contribution in [2.24, 2.45) is 0 Å². The summed E-state index contributed by atoms with van der Waals surface area (Å²) in [5.41, 5.74) is 3.26. The molecule has 2 aromatic rings. The molecule has 0 radical (unpaired) electrons. The summed E-state index contributed by atoms with van der Waals surface area (Å²) < 4.78 is 66.4. The zero-order valence-corrected chi connectivity index (χ0v) is 17.8. The summed E-state index contributed by atoms with van der Waals surface area (Å²) in [6, 6.07) is 9.51. The van der Waals surface area contributed by atoms with Gasteiger partial charge in [0, 0.05) is 11.9 Å². The zero-order valence-electron chi connectivity index (χ0n) is 16.2. The maximum Gasteiger partial charge on any atom is 0.416 e. The molecule has 29 heavy (non-hydrogen) atoms. The Morgan fingerprint density at radius 1 is 1.03 bits per heavy atom. The van der Waals surface area contributed by atoms with Gasteiger partial charge in [0.25, 0.3) is 0 Å². The van der Waals surface area contributed by atoms with E-state index in [0.29, 0.717) is 30.4 Å². The number of rotatable bonds is 6.